The molecule has 1 aromatic carbocycles. The number of anilines is 1. The van der Waals surface area contributed by atoms with Gasteiger partial charge < -0.3 is 15.4 Å². The summed E-state index contributed by atoms with van der Waals surface area (Å²) in [7, 11) is 0. The number of imidazole rings is 1. The number of benzene rings is 1. The highest BCUT2D eigenvalue weighted by Crippen LogP contribution is 2.29. The van der Waals surface area contributed by atoms with Crippen LogP contribution in [0.4, 0.5) is 5.82 Å². The molecular formula is C14H15BrN4O. The Morgan fingerprint density at radius 2 is 2.15 bits per heavy atom. The van der Waals surface area contributed by atoms with Gasteiger partial charge in [-0.15, -0.1) is 0 Å². The van der Waals surface area contributed by atoms with Crippen LogP contribution in [0.3, 0.4) is 0 Å². The number of pyridine rings is 1. The Morgan fingerprint density at radius 3 is 2.85 bits per heavy atom. The van der Waals surface area contributed by atoms with Crippen LogP contribution in [-0.4, -0.2) is 25.2 Å². The lowest BCUT2D eigenvalue weighted by atomic mass is 10.1. The number of aromatic nitrogens is 3. The minimum absolute atomic E-state index is 0.407. The van der Waals surface area contributed by atoms with Crippen LogP contribution in [0.2, 0.25) is 0 Å². The lowest BCUT2D eigenvalue weighted by Gasteiger charge is -2.18. The van der Waals surface area contributed by atoms with Gasteiger partial charge in [0.15, 0.2) is 5.82 Å². The van der Waals surface area contributed by atoms with E-state index >= 15 is 0 Å². The van der Waals surface area contributed by atoms with Gasteiger partial charge in [0.05, 0.1) is 29.5 Å². The molecule has 20 heavy (non-hydrogen) atoms. The molecule has 0 amide bonds. The Morgan fingerprint density at radius 1 is 1.40 bits per heavy atom. The van der Waals surface area contributed by atoms with Gasteiger partial charge in [-0.1, -0.05) is 15.9 Å². The van der Waals surface area contributed by atoms with Gasteiger partial charge in [-0.05, 0) is 32.0 Å². The van der Waals surface area contributed by atoms with Gasteiger partial charge in [0.2, 0.25) is 0 Å². The van der Waals surface area contributed by atoms with Crippen molar-refractivity contribution < 1.29 is 5.11 Å². The van der Waals surface area contributed by atoms with Crippen LogP contribution in [0.1, 0.15) is 13.8 Å². The second-order valence-electron chi connectivity index (χ2n) is 5.54. The van der Waals surface area contributed by atoms with Crippen molar-refractivity contribution in [2.75, 3.05) is 5.73 Å². The van der Waals surface area contributed by atoms with Crippen LogP contribution in [0.15, 0.2) is 29.0 Å². The summed E-state index contributed by atoms with van der Waals surface area (Å²) in [5, 5.41) is 11.0. The molecule has 0 bridgehead atoms. The average molecular weight is 335 g/mol. The summed E-state index contributed by atoms with van der Waals surface area (Å²) in [6.07, 6.45) is 1.70. The molecule has 5 nitrogen and oxygen atoms in total. The molecule has 3 rings (SSSR count). The fourth-order valence-electron chi connectivity index (χ4n) is 2.37. The first-order chi connectivity index (χ1) is 9.35. The number of aliphatic hydroxyl groups is 1. The number of hydrogen-bond donors (Lipinski definition) is 2. The number of nitrogen functional groups attached to an aromatic ring is 1. The Bertz CT molecular complexity index is 804. The molecule has 0 spiro atoms. The van der Waals surface area contributed by atoms with Crippen molar-refractivity contribution in [1.29, 1.82) is 0 Å². The van der Waals surface area contributed by atoms with E-state index in [0.29, 0.717) is 17.9 Å². The Kier molecular flexibility index (Phi) is 2.95. The number of hydrogen-bond acceptors (Lipinski definition) is 4. The number of nitrogens with zero attached hydrogens (tertiary/aromatic N) is 3. The average Bonchev–Trinajstić information content (AvgIpc) is 2.73. The highest BCUT2D eigenvalue weighted by atomic mass is 79.9. The SMILES string of the molecule is CC(C)(O)Cn1cnc2c(N)nc3ccc(Br)cc3c21. The van der Waals surface area contributed by atoms with Gasteiger partial charge in [0.1, 0.15) is 5.52 Å². The van der Waals surface area contributed by atoms with Crippen LogP contribution >= 0.6 is 15.9 Å². The third-order valence-electron chi connectivity index (χ3n) is 3.09. The van der Waals surface area contributed by atoms with E-state index in [1.54, 1.807) is 20.2 Å². The summed E-state index contributed by atoms with van der Waals surface area (Å²) >= 11 is 3.47. The summed E-state index contributed by atoms with van der Waals surface area (Å²) in [6.45, 7) is 3.97. The molecule has 0 aliphatic heterocycles. The molecule has 3 aromatic rings. The molecular weight excluding hydrogens is 320 g/mol. The molecule has 0 aliphatic rings. The lowest BCUT2D eigenvalue weighted by molar-refractivity contribution is 0.0627. The molecule has 0 saturated heterocycles. The van der Waals surface area contributed by atoms with Gasteiger partial charge in [-0.3, -0.25) is 0 Å². The van der Waals surface area contributed by atoms with E-state index in [9.17, 15) is 5.11 Å². The van der Waals surface area contributed by atoms with E-state index in [4.69, 9.17) is 5.73 Å². The molecule has 0 radical (unpaired) electrons. The quantitative estimate of drug-likeness (QED) is 0.755. The van der Waals surface area contributed by atoms with Crippen LogP contribution in [0.25, 0.3) is 21.9 Å². The first-order valence-electron chi connectivity index (χ1n) is 6.27. The van der Waals surface area contributed by atoms with Crippen molar-refractivity contribution in [3.63, 3.8) is 0 Å². The highest BCUT2D eigenvalue weighted by Gasteiger charge is 2.18. The predicted octanol–water partition coefficient (Wildman–Crippen LogP) is 2.70. The number of nitrogens with two attached hydrogens (primary N) is 1. The molecule has 0 unspecified atom stereocenters. The standard InChI is InChI=1S/C14H15BrN4O/c1-14(2,20)6-19-7-17-11-12(19)9-5-8(15)3-4-10(9)18-13(11)16/h3-5,7,20H,6H2,1-2H3,(H2,16,18). The minimum atomic E-state index is -0.829. The largest absolute Gasteiger partial charge is 0.389 e. The first-order valence-corrected chi connectivity index (χ1v) is 7.06. The summed E-state index contributed by atoms with van der Waals surface area (Å²) in [5.74, 6) is 0.407. The summed E-state index contributed by atoms with van der Waals surface area (Å²) < 4.78 is 2.89. The predicted molar refractivity (Wildman–Crippen MR) is 83.4 cm³/mol. The number of fused-ring (bicyclic) bond motifs is 3. The van der Waals surface area contributed by atoms with Crippen LogP contribution in [0.5, 0.6) is 0 Å². The van der Waals surface area contributed by atoms with E-state index in [1.165, 1.54) is 0 Å². The Balaban J connectivity index is 2.38. The van der Waals surface area contributed by atoms with Crippen molar-refractivity contribution >= 4 is 43.7 Å². The van der Waals surface area contributed by atoms with Crippen LogP contribution in [0, 0.1) is 0 Å². The zero-order chi connectivity index (χ0) is 14.5. The smallest absolute Gasteiger partial charge is 0.152 e. The van der Waals surface area contributed by atoms with Crippen molar-refractivity contribution in [2.24, 2.45) is 0 Å². The van der Waals surface area contributed by atoms with Gasteiger partial charge in [0, 0.05) is 9.86 Å². The van der Waals surface area contributed by atoms with E-state index in [2.05, 4.69) is 25.9 Å². The maximum atomic E-state index is 10.0. The molecule has 0 atom stereocenters. The molecule has 0 fully saturated rings. The van der Waals surface area contributed by atoms with E-state index in [-0.39, 0.29) is 0 Å². The summed E-state index contributed by atoms with van der Waals surface area (Å²) in [5.41, 5.74) is 7.53. The zero-order valence-corrected chi connectivity index (χ0v) is 12.8. The highest BCUT2D eigenvalue weighted by molar-refractivity contribution is 9.10. The van der Waals surface area contributed by atoms with Gasteiger partial charge in [0.25, 0.3) is 0 Å². The van der Waals surface area contributed by atoms with Gasteiger partial charge >= 0.3 is 0 Å². The maximum absolute atomic E-state index is 10.0. The van der Waals surface area contributed by atoms with Crippen molar-refractivity contribution in [3.05, 3.63) is 29.0 Å². The zero-order valence-electron chi connectivity index (χ0n) is 11.3. The van der Waals surface area contributed by atoms with Gasteiger partial charge in [-0.2, -0.15) is 0 Å². The third kappa shape index (κ3) is 2.25. The van der Waals surface area contributed by atoms with Crippen LogP contribution in [-0.2, 0) is 6.54 Å². The molecule has 6 heteroatoms. The first kappa shape index (κ1) is 13.3. The lowest BCUT2D eigenvalue weighted by Crippen LogP contribution is -2.25. The fourth-order valence-corrected chi connectivity index (χ4v) is 2.73. The van der Waals surface area contributed by atoms with E-state index < -0.39 is 5.60 Å². The third-order valence-corrected chi connectivity index (χ3v) is 3.59. The van der Waals surface area contributed by atoms with E-state index in [0.717, 1.165) is 20.9 Å². The summed E-state index contributed by atoms with van der Waals surface area (Å²) in [6, 6.07) is 5.83. The molecule has 104 valence electrons. The van der Waals surface area contributed by atoms with Crippen molar-refractivity contribution in [2.45, 2.75) is 26.0 Å². The molecule has 2 heterocycles. The molecule has 2 aromatic heterocycles. The number of rotatable bonds is 2. The Labute approximate surface area is 124 Å². The molecule has 0 aliphatic carbocycles. The Hall–Kier alpha value is -1.66. The van der Waals surface area contributed by atoms with Crippen molar-refractivity contribution in [1.82, 2.24) is 14.5 Å². The van der Waals surface area contributed by atoms with Gasteiger partial charge in [-0.25, -0.2) is 9.97 Å². The fraction of sp³-hybridized carbons (Fsp3) is 0.286. The van der Waals surface area contributed by atoms with E-state index in [1.807, 2.05) is 22.8 Å². The molecule has 0 saturated carbocycles. The van der Waals surface area contributed by atoms with Crippen molar-refractivity contribution in [3.8, 4) is 0 Å². The monoisotopic (exact) mass is 334 g/mol. The second-order valence-corrected chi connectivity index (χ2v) is 6.46. The summed E-state index contributed by atoms with van der Waals surface area (Å²) in [4.78, 5) is 8.70. The normalized spacial score (nSPS) is 12.4. The second kappa shape index (κ2) is 4.43. The topological polar surface area (TPSA) is 77.0 Å². The number of halogens is 1. The molecule has 3 N–H and O–H groups in total. The van der Waals surface area contributed by atoms with Crippen LogP contribution < -0.4 is 5.73 Å². The minimum Gasteiger partial charge on any atom is -0.389 e. The maximum Gasteiger partial charge on any atom is 0.152 e.